The molecule has 2 aromatic rings. The Morgan fingerprint density at radius 1 is 1.22 bits per heavy atom. The summed E-state index contributed by atoms with van der Waals surface area (Å²) in [6, 6.07) is 2.07. The molecule has 4 heterocycles. The quantitative estimate of drug-likeness (QED) is 0.778. The molecule has 1 amide bonds. The average molecular weight is 444 g/mol. The highest BCUT2D eigenvalue weighted by Gasteiger charge is 2.76. The smallest absolute Gasteiger partial charge is 0.417 e. The van der Waals surface area contributed by atoms with Gasteiger partial charge in [0.2, 0.25) is 5.88 Å². The summed E-state index contributed by atoms with van der Waals surface area (Å²) in [5.74, 6) is 0.961. The van der Waals surface area contributed by atoms with Crippen molar-refractivity contribution in [2.24, 2.45) is 11.3 Å². The molecule has 8 nitrogen and oxygen atoms in total. The number of rotatable bonds is 4. The fourth-order valence-corrected chi connectivity index (χ4v) is 5.37. The van der Waals surface area contributed by atoms with E-state index in [1.54, 1.807) is 18.5 Å². The number of carbonyl (C=O) groups excluding carboxylic acids is 1. The molecule has 2 aliphatic heterocycles. The molecule has 2 saturated carbocycles. The summed E-state index contributed by atoms with van der Waals surface area (Å²) in [7, 11) is 0. The van der Waals surface area contributed by atoms with E-state index in [-0.39, 0.29) is 29.3 Å². The Bertz CT molecular complexity index is 1130. The minimum absolute atomic E-state index is 0.0583. The van der Waals surface area contributed by atoms with Crippen LogP contribution in [0, 0.1) is 11.3 Å². The van der Waals surface area contributed by atoms with E-state index in [0.717, 1.165) is 25.1 Å². The molecule has 4 unspecified atom stereocenters. The lowest BCUT2D eigenvalue weighted by molar-refractivity contribution is -0.138. The Morgan fingerprint density at radius 3 is 2.75 bits per heavy atom. The normalized spacial score (nSPS) is 30.3. The van der Waals surface area contributed by atoms with Gasteiger partial charge in [0.05, 0.1) is 29.6 Å². The van der Waals surface area contributed by atoms with Gasteiger partial charge in [0.15, 0.2) is 5.82 Å². The summed E-state index contributed by atoms with van der Waals surface area (Å²) >= 11 is 0. The first-order valence-corrected chi connectivity index (χ1v) is 10.4. The molecule has 32 heavy (non-hydrogen) atoms. The van der Waals surface area contributed by atoms with Crippen LogP contribution in [-0.2, 0) is 11.0 Å². The maximum Gasteiger partial charge on any atom is 0.417 e. The highest BCUT2D eigenvalue weighted by molar-refractivity contribution is 6.02. The molecular formula is C21H19F3N6O2. The van der Waals surface area contributed by atoms with Crippen molar-refractivity contribution < 1.29 is 22.7 Å². The molecule has 0 radical (unpaired) electrons. The summed E-state index contributed by atoms with van der Waals surface area (Å²) in [4.78, 5) is 20.6. The van der Waals surface area contributed by atoms with Crippen molar-refractivity contribution in [3.05, 3.63) is 54.0 Å². The first kappa shape index (κ1) is 19.3. The van der Waals surface area contributed by atoms with Crippen LogP contribution in [0.4, 0.5) is 13.2 Å². The Morgan fingerprint density at radius 2 is 2.03 bits per heavy atom. The molecule has 1 saturated heterocycles. The summed E-state index contributed by atoms with van der Waals surface area (Å²) in [5.41, 5.74) is -0.289. The van der Waals surface area contributed by atoms with Crippen LogP contribution in [0.5, 0.6) is 5.88 Å². The number of amides is 1. The zero-order valence-corrected chi connectivity index (χ0v) is 16.8. The van der Waals surface area contributed by atoms with E-state index in [1.807, 2.05) is 11.0 Å². The summed E-state index contributed by atoms with van der Waals surface area (Å²) in [6.45, 7) is 1.20. The summed E-state index contributed by atoms with van der Waals surface area (Å²) in [5, 5.41) is 11.4. The van der Waals surface area contributed by atoms with Crippen molar-refractivity contribution in [3.63, 3.8) is 0 Å². The molecule has 6 rings (SSSR count). The van der Waals surface area contributed by atoms with Gasteiger partial charge in [-0.05, 0) is 30.9 Å². The zero-order chi connectivity index (χ0) is 22.1. The summed E-state index contributed by atoms with van der Waals surface area (Å²) < 4.78 is 44.3. The number of pyridine rings is 1. The fraction of sp³-hybridized carbons (Fsp3) is 0.429. The van der Waals surface area contributed by atoms with Gasteiger partial charge in [0.25, 0.3) is 5.91 Å². The van der Waals surface area contributed by atoms with Crippen LogP contribution in [0.2, 0.25) is 0 Å². The van der Waals surface area contributed by atoms with Gasteiger partial charge >= 0.3 is 6.18 Å². The molecule has 4 aliphatic rings. The van der Waals surface area contributed by atoms with Gasteiger partial charge in [-0.2, -0.15) is 23.4 Å². The molecule has 0 bridgehead atoms. The number of alkyl halides is 3. The minimum Gasteiger partial charge on any atom is -0.472 e. The van der Waals surface area contributed by atoms with E-state index in [2.05, 4.69) is 20.5 Å². The lowest BCUT2D eigenvalue weighted by Crippen LogP contribution is -2.59. The lowest BCUT2D eigenvalue weighted by atomic mass is 9.73. The standard InChI is InChI=1S/C21H19F3N6O2/c22-21(23,24)12-3-4-16(26-10-12)32-15-9-20-8-13(20)11-29(17(15)20)19(31)14-2-1-5-25-18(14)30-27-6-7-28-30/h1-4,6-7,10,13,15,17,25H,5,8-9,11H2. The van der Waals surface area contributed by atoms with Crippen LogP contribution in [0.1, 0.15) is 18.4 Å². The number of hydrogen-bond acceptors (Lipinski definition) is 6. The number of halogens is 3. The lowest BCUT2D eigenvalue weighted by Gasteiger charge is -2.47. The monoisotopic (exact) mass is 444 g/mol. The molecule has 11 heteroatoms. The van der Waals surface area contributed by atoms with Gasteiger partial charge in [-0.25, -0.2) is 4.98 Å². The number of ether oxygens (including phenoxy) is 1. The highest BCUT2D eigenvalue weighted by Crippen LogP contribution is 2.71. The average Bonchev–Trinajstić information content (AvgIpc) is 3.14. The van der Waals surface area contributed by atoms with E-state index < -0.39 is 11.7 Å². The van der Waals surface area contributed by atoms with Crippen LogP contribution in [0.25, 0.3) is 5.82 Å². The van der Waals surface area contributed by atoms with E-state index in [0.29, 0.717) is 30.4 Å². The molecule has 4 atom stereocenters. The van der Waals surface area contributed by atoms with Crippen molar-refractivity contribution in [1.29, 1.82) is 0 Å². The van der Waals surface area contributed by atoms with Gasteiger partial charge in [-0.3, -0.25) is 4.79 Å². The second-order valence-electron chi connectivity index (χ2n) is 8.64. The Balaban J connectivity index is 1.24. The molecular weight excluding hydrogens is 425 g/mol. The first-order valence-electron chi connectivity index (χ1n) is 10.4. The number of nitrogens with one attached hydrogen (secondary N) is 1. The molecule has 2 aliphatic carbocycles. The van der Waals surface area contributed by atoms with Crippen molar-refractivity contribution in [3.8, 4) is 5.88 Å². The van der Waals surface area contributed by atoms with Gasteiger partial charge in [-0.1, -0.05) is 6.08 Å². The second-order valence-corrected chi connectivity index (χ2v) is 8.64. The maximum absolute atomic E-state index is 13.5. The van der Waals surface area contributed by atoms with Gasteiger partial charge < -0.3 is 15.0 Å². The van der Waals surface area contributed by atoms with Crippen LogP contribution in [0.3, 0.4) is 0 Å². The van der Waals surface area contributed by atoms with Gasteiger partial charge in [0.1, 0.15) is 6.10 Å². The fourth-order valence-electron chi connectivity index (χ4n) is 5.37. The van der Waals surface area contributed by atoms with Crippen LogP contribution in [0.15, 0.2) is 48.4 Å². The number of aromatic nitrogens is 4. The van der Waals surface area contributed by atoms with Crippen molar-refractivity contribution in [2.75, 3.05) is 13.1 Å². The second kappa shape index (κ2) is 6.57. The van der Waals surface area contributed by atoms with E-state index >= 15 is 0 Å². The SMILES string of the molecule is O=C(C1=C(n2nccn2)NCC=C1)N1CC2CC23CC(Oc2ccc(C(F)(F)F)cn2)C13. The summed E-state index contributed by atoms with van der Waals surface area (Å²) in [6.07, 6.45) is 4.57. The topological polar surface area (TPSA) is 85.2 Å². The molecule has 1 N–H and O–H groups in total. The highest BCUT2D eigenvalue weighted by atomic mass is 19.4. The number of piperidine rings is 1. The maximum atomic E-state index is 13.5. The van der Waals surface area contributed by atoms with Crippen LogP contribution >= 0.6 is 0 Å². The number of hydrogen-bond donors (Lipinski definition) is 1. The third kappa shape index (κ3) is 2.83. The van der Waals surface area contributed by atoms with Gasteiger partial charge in [-0.15, -0.1) is 4.80 Å². The largest absolute Gasteiger partial charge is 0.472 e. The number of dihydropyridines is 1. The predicted octanol–water partition coefficient (Wildman–Crippen LogP) is 2.09. The van der Waals surface area contributed by atoms with E-state index in [9.17, 15) is 18.0 Å². The van der Waals surface area contributed by atoms with Crippen molar-refractivity contribution in [2.45, 2.75) is 31.2 Å². The van der Waals surface area contributed by atoms with E-state index in [1.165, 1.54) is 10.9 Å². The predicted molar refractivity (Wildman–Crippen MR) is 105 cm³/mol. The zero-order valence-electron chi connectivity index (χ0n) is 16.8. The van der Waals surface area contributed by atoms with Crippen molar-refractivity contribution in [1.82, 2.24) is 30.2 Å². The number of likely N-dealkylation sites (tertiary alicyclic amines) is 1. The number of carbonyl (C=O) groups is 1. The minimum atomic E-state index is -4.45. The van der Waals surface area contributed by atoms with Crippen LogP contribution in [-0.4, -0.2) is 56.0 Å². The molecule has 3 fully saturated rings. The molecule has 166 valence electrons. The first-order chi connectivity index (χ1) is 15.4. The number of nitrogens with zero attached hydrogens (tertiary/aromatic N) is 5. The van der Waals surface area contributed by atoms with Gasteiger partial charge in [0, 0.05) is 30.8 Å². The Labute approximate surface area is 180 Å². The molecule has 2 aromatic heterocycles. The third-order valence-electron chi connectivity index (χ3n) is 6.93. The third-order valence-corrected chi connectivity index (χ3v) is 6.93. The molecule has 0 aromatic carbocycles. The van der Waals surface area contributed by atoms with E-state index in [4.69, 9.17) is 4.74 Å². The van der Waals surface area contributed by atoms with Crippen molar-refractivity contribution >= 4 is 11.7 Å². The molecule has 1 spiro atoms. The van der Waals surface area contributed by atoms with Crippen LogP contribution < -0.4 is 10.1 Å². The Kier molecular flexibility index (Phi) is 3.96. The Hall–Kier alpha value is -3.37.